The van der Waals surface area contributed by atoms with E-state index in [-0.39, 0.29) is 5.91 Å². The van der Waals surface area contributed by atoms with Gasteiger partial charge in [-0.3, -0.25) is 4.79 Å². The Bertz CT molecular complexity index is 820. The van der Waals surface area contributed by atoms with Crippen LogP contribution in [0.5, 0.6) is 0 Å². The Hall–Kier alpha value is -2.08. The van der Waals surface area contributed by atoms with Crippen molar-refractivity contribution in [2.75, 3.05) is 12.8 Å². The number of hydrogen-bond donors (Lipinski definition) is 1. The molecule has 1 aliphatic rings. The van der Waals surface area contributed by atoms with E-state index in [0.717, 1.165) is 29.4 Å². The lowest BCUT2D eigenvalue weighted by Crippen LogP contribution is -2.23. The van der Waals surface area contributed by atoms with E-state index in [9.17, 15) is 4.79 Å². The fraction of sp³-hybridized carbons (Fsp3) is 0.522. The second-order valence-corrected chi connectivity index (χ2v) is 8.73. The van der Waals surface area contributed by atoms with Crippen LogP contribution in [0.4, 0.5) is 0 Å². The van der Waals surface area contributed by atoms with Crippen molar-refractivity contribution in [3.63, 3.8) is 0 Å². The second-order valence-electron chi connectivity index (χ2n) is 7.96. The topological polar surface area (TPSA) is 59.8 Å². The summed E-state index contributed by atoms with van der Waals surface area (Å²) in [7, 11) is 0. The van der Waals surface area contributed by atoms with Gasteiger partial charge in [0.15, 0.2) is 5.16 Å². The first-order valence-electron chi connectivity index (χ1n) is 10.6. The van der Waals surface area contributed by atoms with Crippen molar-refractivity contribution in [1.82, 2.24) is 20.1 Å². The van der Waals surface area contributed by atoms with Crippen molar-refractivity contribution in [2.45, 2.75) is 69.5 Å². The van der Waals surface area contributed by atoms with Gasteiger partial charge in [-0.2, -0.15) is 0 Å². The molecule has 0 atom stereocenters. The van der Waals surface area contributed by atoms with E-state index in [2.05, 4.69) is 64.4 Å². The molecule has 0 aliphatic heterocycles. The van der Waals surface area contributed by atoms with Crippen LogP contribution in [0.2, 0.25) is 0 Å². The van der Waals surface area contributed by atoms with Crippen molar-refractivity contribution < 1.29 is 4.79 Å². The van der Waals surface area contributed by atoms with Gasteiger partial charge < -0.3 is 9.88 Å². The lowest BCUT2D eigenvalue weighted by Gasteiger charge is -2.16. The summed E-state index contributed by atoms with van der Waals surface area (Å²) in [6.07, 6.45) is 12.3. The highest BCUT2D eigenvalue weighted by Crippen LogP contribution is 2.33. The summed E-state index contributed by atoms with van der Waals surface area (Å²) in [5.74, 6) is 1.51. The number of aromatic nitrogens is 3. The Kier molecular flexibility index (Phi) is 7.92. The maximum Gasteiger partial charge on any atom is 0.243 e. The number of nitrogens with one attached hydrogen (secondary N) is 1. The van der Waals surface area contributed by atoms with Crippen LogP contribution < -0.4 is 5.32 Å². The molecule has 1 saturated carbocycles. The molecule has 0 spiro atoms. The van der Waals surface area contributed by atoms with Crippen LogP contribution in [-0.2, 0) is 11.2 Å². The molecule has 1 fully saturated rings. The Morgan fingerprint density at radius 1 is 1.24 bits per heavy atom. The van der Waals surface area contributed by atoms with Crippen LogP contribution in [0, 0.1) is 0 Å². The van der Waals surface area contributed by atoms with E-state index >= 15 is 0 Å². The summed E-state index contributed by atoms with van der Waals surface area (Å²) in [4.78, 5) is 12.1. The minimum Gasteiger partial charge on any atom is -0.353 e. The summed E-state index contributed by atoms with van der Waals surface area (Å²) < 4.78 is 2.33. The van der Waals surface area contributed by atoms with Gasteiger partial charge in [-0.05, 0) is 48.6 Å². The molecule has 1 amide bonds. The molecule has 5 nitrogen and oxygen atoms in total. The van der Waals surface area contributed by atoms with E-state index in [4.69, 9.17) is 0 Å². The zero-order chi connectivity index (χ0) is 20.6. The molecule has 6 heteroatoms. The molecule has 29 heavy (non-hydrogen) atoms. The van der Waals surface area contributed by atoms with E-state index < -0.39 is 0 Å². The van der Waals surface area contributed by atoms with Crippen molar-refractivity contribution >= 4 is 23.7 Å². The normalized spacial score (nSPS) is 14.9. The van der Waals surface area contributed by atoms with Crippen LogP contribution in [0.3, 0.4) is 0 Å². The van der Waals surface area contributed by atoms with Gasteiger partial charge in [0.1, 0.15) is 5.82 Å². The van der Waals surface area contributed by atoms with Crippen LogP contribution in [0.15, 0.2) is 35.5 Å². The molecule has 0 unspecified atom stereocenters. The Morgan fingerprint density at radius 2 is 1.97 bits per heavy atom. The molecule has 1 N–H and O–H groups in total. The van der Waals surface area contributed by atoms with E-state index in [1.165, 1.54) is 31.2 Å². The number of carbonyl (C=O) groups is 1. The van der Waals surface area contributed by atoms with Crippen LogP contribution in [0.1, 0.15) is 74.9 Å². The highest BCUT2D eigenvalue weighted by atomic mass is 32.2. The average molecular weight is 413 g/mol. The van der Waals surface area contributed by atoms with E-state index in [1.54, 1.807) is 17.8 Å². The fourth-order valence-electron chi connectivity index (χ4n) is 3.83. The molecule has 0 radical (unpaired) electrons. The van der Waals surface area contributed by atoms with E-state index in [0.29, 0.717) is 18.5 Å². The molecule has 2 aromatic rings. The maximum absolute atomic E-state index is 12.1. The van der Waals surface area contributed by atoms with Gasteiger partial charge in [0.05, 0.1) is 0 Å². The Morgan fingerprint density at radius 3 is 2.62 bits per heavy atom. The Labute approximate surface area is 178 Å². The van der Waals surface area contributed by atoms with Gasteiger partial charge in [-0.15, -0.1) is 10.2 Å². The molecule has 1 aromatic carbocycles. The first kappa shape index (κ1) is 21.6. The monoisotopic (exact) mass is 412 g/mol. The zero-order valence-corrected chi connectivity index (χ0v) is 18.5. The lowest BCUT2D eigenvalue weighted by molar-refractivity contribution is -0.116. The molecule has 0 saturated heterocycles. The standard InChI is InChI=1S/C23H32N4OS/c1-17(2)19-13-10-18(11-14-19)12-15-22(28)24-16-6-9-21-25-26-23(29-3)27(21)20-7-4-5-8-20/h10-15,17,20H,4-9,16H2,1-3H3,(H,24,28)/b15-12+. The minimum absolute atomic E-state index is 0.0556. The molecular weight excluding hydrogens is 380 g/mol. The number of hydrogen-bond acceptors (Lipinski definition) is 4. The predicted octanol–water partition coefficient (Wildman–Crippen LogP) is 5.00. The van der Waals surface area contributed by atoms with Gasteiger partial charge in [0.25, 0.3) is 0 Å². The van der Waals surface area contributed by atoms with Gasteiger partial charge >= 0.3 is 0 Å². The summed E-state index contributed by atoms with van der Waals surface area (Å²) in [6, 6.07) is 8.88. The highest BCUT2D eigenvalue weighted by Gasteiger charge is 2.23. The average Bonchev–Trinajstić information content (AvgIpc) is 3.39. The maximum atomic E-state index is 12.1. The number of carbonyl (C=O) groups excluding carboxylic acids is 1. The first-order chi connectivity index (χ1) is 14.1. The van der Waals surface area contributed by atoms with Crippen LogP contribution in [-0.4, -0.2) is 33.5 Å². The predicted molar refractivity (Wildman–Crippen MR) is 120 cm³/mol. The van der Waals surface area contributed by atoms with Crippen LogP contribution >= 0.6 is 11.8 Å². The van der Waals surface area contributed by atoms with Gasteiger partial charge in [-0.25, -0.2) is 0 Å². The third-order valence-corrected chi connectivity index (χ3v) is 6.16. The van der Waals surface area contributed by atoms with Gasteiger partial charge in [-0.1, -0.05) is 62.7 Å². The Balaban J connectivity index is 1.45. The third kappa shape index (κ3) is 5.95. The number of aryl methyl sites for hydroxylation is 1. The number of thioether (sulfide) groups is 1. The molecular formula is C23H32N4OS. The van der Waals surface area contributed by atoms with Crippen LogP contribution in [0.25, 0.3) is 6.08 Å². The number of amides is 1. The molecule has 1 aliphatic carbocycles. The van der Waals surface area contributed by atoms with Crippen molar-refractivity contribution in [1.29, 1.82) is 0 Å². The summed E-state index contributed by atoms with van der Waals surface area (Å²) in [5.41, 5.74) is 2.35. The zero-order valence-electron chi connectivity index (χ0n) is 17.7. The fourth-order valence-corrected chi connectivity index (χ4v) is 4.40. The molecule has 1 heterocycles. The first-order valence-corrected chi connectivity index (χ1v) is 11.8. The SMILES string of the molecule is CSc1nnc(CCCNC(=O)/C=C/c2ccc(C(C)C)cc2)n1C1CCCC1. The van der Waals surface area contributed by atoms with Crippen molar-refractivity contribution in [2.24, 2.45) is 0 Å². The summed E-state index contributed by atoms with van der Waals surface area (Å²) >= 11 is 1.66. The summed E-state index contributed by atoms with van der Waals surface area (Å²) in [6.45, 7) is 4.99. The minimum atomic E-state index is -0.0556. The molecule has 156 valence electrons. The molecule has 0 bridgehead atoms. The highest BCUT2D eigenvalue weighted by molar-refractivity contribution is 7.98. The second kappa shape index (κ2) is 10.6. The van der Waals surface area contributed by atoms with E-state index in [1.807, 2.05) is 6.08 Å². The molecule has 1 aromatic heterocycles. The van der Waals surface area contributed by atoms with Crippen molar-refractivity contribution in [3.05, 3.63) is 47.3 Å². The lowest BCUT2D eigenvalue weighted by atomic mass is 10.0. The third-order valence-electron chi connectivity index (χ3n) is 5.51. The van der Waals surface area contributed by atoms with Gasteiger partial charge in [0.2, 0.25) is 5.91 Å². The number of benzene rings is 1. The largest absolute Gasteiger partial charge is 0.353 e. The number of rotatable bonds is 9. The molecule has 3 rings (SSSR count). The summed E-state index contributed by atoms with van der Waals surface area (Å²) in [5, 5.41) is 12.7. The van der Waals surface area contributed by atoms with Gasteiger partial charge in [0, 0.05) is 25.1 Å². The quantitative estimate of drug-likeness (QED) is 0.358. The van der Waals surface area contributed by atoms with Crippen molar-refractivity contribution in [3.8, 4) is 0 Å². The number of nitrogens with zero attached hydrogens (tertiary/aromatic N) is 3. The smallest absolute Gasteiger partial charge is 0.243 e.